The van der Waals surface area contributed by atoms with E-state index in [9.17, 15) is 27.2 Å². The van der Waals surface area contributed by atoms with Crippen LogP contribution in [0.15, 0.2) is 36.4 Å². The minimum absolute atomic E-state index is 0. The van der Waals surface area contributed by atoms with Gasteiger partial charge in [0, 0.05) is 50.4 Å². The summed E-state index contributed by atoms with van der Waals surface area (Å²) < 4.78 is 53.5. The predicted molar refractivity (Wildman–Crippen MR) is 116 cm³/mol. The molecule has 0 bridgehead atoms. The van der Waals surface area contributed by atoms with Gasteiger partial charge in [0.05, 0.1) is 6.04 Å². The number of piperazine rings is 1. The molecule has 2 fully saturated rings. The number of urea groups is 1. The van der Waals surface area contributed by atoms with E-state index < -0.39 is 29.3 Å². The van der Waals surface area contributed by atoms with Gasteiger partial charge in [-0.2, -0.15) is 0 Å². The number of benzene rings is 2. The van der Waals surface area contributed by atoms with E-state index in [1.54, 1.807) is 14.7 Å². The number of carbonyl (C=O) groups excluding carboxylic acids is 2. The van der Waals surface area contributed by atoms with Crippen LogP contribution in [0.1, 0.15) is 12.0 Å². The van der Waals surface area contributed by atoms with Crippen molar-refractivity contribution in [1.29, 1.82) is 0 Å². The molecule has 178 valence electrons. The second-order valence-electron chi connectivity index (χ2n) is 8.08. The van der Waals surface area contributed by atoms with E-state index in [1.165, 1.54) is 24.3 Å². The van der Waals surface area contributed by atoms with Gasteiger partial charge < -0.3 is 15.5 Å². The van der Waals surface area contributed by atoms with E-state index in [1.807, 2.05) is 0 Å². The minimum Gasteiger partial charge on any atom is -0.339 e. The average molecular weight is 487 g/mol. The van der Waals surface area contributed by atoms with Crippen LogP contribution in [0.5, 0.6) is 0 Å². The summed E-state index contributed by atoms with van der Waals surface area (Å²) >= 11 is 0. The number of anilines is 1. The molecule has 11 heteroatoms. The summed E-state index contributed by atoms with van der Waals surface area (Å²) in [4.78, 5) is 30.3. The van der Waals surface area contributed by atoms with Crippen LogP contribution < -0.4 is 10.6 Å². The summed E-state index contributed by atoms with van der Waals surface area (Å²) in [6, 6.07) is 5.66. The Bertz CT molecular complexity index is 1040. The van der Waals surface area contributed by atoms with Crippen molar-refractivity contribution in [3.05, 3.63) is 65.2 Å². The molecule has 2 aliphatic heterocycles. The number of nitrogens with two attached hydrogens (primary N) is 1. The lowest BCUT2D eigenvalue weighted by Gasteiger charge is -2.36. The standard InChI is InChI=1S/C22H22F4N4O2.ClH/c23-14-1-3-16(4-2-14)30-12-17-11-28(5-6-29(17)22(30)32)21(31)9-15(27)7-13-8-19(25)20(26)10-18(13)24;/h1-4,8,10,15,17H,5-7,9,11-12,27H2;1H/t15-,17?;/m1./s1. The molecule has 0 aliphatic carbocycles. The third kappa shape index (κ3) is 5.22. The third-order valence-corrected chi connectivity index (χ3v) is 5.85. The number of amides is 3. The van der Waals surface area contributed by atoms with Gasteiger partial charge in [-0.25, -0.2) is 22.4 Å². The fraction of sp³-hybridized carbons (Fsp3) is 0.364. The highest BCUT2D eigenvalue weighted by Crippen LogP contribution is 2.27. The van der Waals surface area contributed by atoms with Crippen molar-refractivity contribution in [2.24, 2.45) is 5.73 Å². The first-order valence-electron chi connectivity index (χ1n) is 10.2. The Morgan fingerprint density at radius 3 is 2.36 bits per heavy atom. The smallest absolute Gasteiger partial charge is 0.324 e. The Hall–Kier alpha value is -2.85. The Morgan fingerprint density at radius 1 is 1.00 bits per heavy atom. The van der Waals surface area contributed by atoms with Gasteiger partial charge >= 0.3 is 6.03 Å². The lowest BCUT2D eigenvalue weighted by atomic mass is 10.0. The highest BCUT2D eigenvalue weighted by Gasteiger charge is 2.42. The molecule has 33 heavy (non-hydrogen) atoms. The zero-order valence-corrected chi connectivity index (χ0v) is 18.3. The molecule has 2 N–H and O–H groups in total. The SMILES string of the molecule is Cl.N[C@@H](CC(=O)N1CCN2C(=O)N(c3ccc(F)cc3)CC2C1)Cc1cc(F)c(F)cc1F. The molecule has 3 amide bonds. The summed E-state index contributed by atoms with van der Waals surface area (Å²) in [7, 11) is 0. The van der Waals surface area contributed by atoms with Crippen LogP contribution in [0.4, 0.5) is 28.0 Å². The molecular formula is C22H23ClF4N4O2. The van der Waals surface area contributed by atoms with Gasteiger partial charge in [-0.1, -0.05) is 0 Å². The van der Waals surface area contributed by atoms with Gasteiger partial charge in [0.1, 0.15) is 11.6 Å². The maximum atomic E-state index is 13.8. The van der Waals surface area contributed by atoms with Crippen molar-refractivity contribution < 1.29 is 27.2 Å². The molecule has 2 aliphatic rings. The van der Waals surface area contributed by atoms with Crippen molar-refractivity contribution in [3.63, 3.8) is 0 Å². The molecule has 6 nitrogen and oxygen atoms in total. The molecule has 2 saturated heterocycles. The first kappa shape index (κ1) is 24.8. The summed E-state index contributed by atoms with van der Waals surface area (Å²) in [6.45, 7) is 1.35. The molecule has 0 saturated carbocycles. The van der Waals surface area contributed by atoms with Crippen LogP contribution in [0.2, 0.25) is 0 Å². The van der Waals surface area contributed by atoms with Crippen molar-refractivity contribution in [2.45, 2.75) is 24.9 Å². The van der Waals surface area contributed by atoms with E-state index in [4.69, 9.17) is 5.73 Å². The Kier molecular flexibility index (Phi) is 7.48. The number of rotatable bonds is 5. The molecule has 0 aromatic heterocycles. The zero-order chi connectivity index (χ0) is 23.0. The first-order valence-corrected chi connectivity index (χ1v) is 10.2. The first-order chi connectivity index (χ1) is 15.2. The van der Waals surface area contributed by atoms with Crippen LogP contribution in [-0.2, 0) is 11.2 Å². The van der Waals surface area contributed by atoms with Gasteiger partial charge in [0.15, 0.2) is 11.6 Å². The molecule has 2 aromatic rings. The fourth-order valence-electron chi connectivity index (χ4n) is 4.20. The molecule has 2 atom stereocenters. The van der Waals surface area contributed by atoms with Crippen molar-refractivity contribution in [3.8, 4) is 0 Å². The van der Waals surface area contributed by atoms with Crippen LogP contribution in [0.25, 0.3) is 0 Å². The van der Waals surface area contributed by atoms with Crippen molar-refractivity contribution in [1.82, 2.24) is 9.80 Å². The molecule has 4 rings (SSSR count). The quantitative estimate of drug-likeness (QED) is 0.521. The topological polar surface area (TPSA) is 69.9 Å². The lowest BCUT2D eigenvalue weighted by Crippen LogP contribution is -2.54. The molecule has 0 radical (unpaired) electrons. The maximum Gasteiger partial charge on any atom is 0.324 e. The van der Waals surface area contributed by atoms with E-state index in [2.05, 4.69) is 0 Å². The number of hydrogen-bond donors (Lipinski definition) is 1. The molecule has 0 spiro atoms. The monoisotopic (exact) mass is 486 g/mol. The van der Waals surface area contributed by atoms with Gasteiger partial charge in [0.2, 0.25) is 5.91 Å². The van der Waals surface area contributed by atoms with Gasteiger partial charge in [-0.05, 0) is 42.3 Å². The second-order valence-corrected chi connectivity index (χ2v) is 8.08. The average Bonchev–Trinajstić information content (AvgIpc) is 3.08. The number of fused-ring (bicyclic) bond motifs is 1. The predicted octanol–water partition coefficient (Wildman–Crippen LogP) is 3.08. The largest absolute Gasteiger partial charge is 0.339 e. The summed E-state index contributed by atoms with van der Waals surface area (Å²) in [5, 5.41) is 0. The van der Waals surface area contributed by atoms with E-state index >= 15 is 0 Å². The Morgan fingerprint density at radius 2 is 1.67 bits per heavy atom. The highest BCUT2D eigenvalue weighted by atomic mass is 35.5. The van der Waals surface area contributed by atoms with E-state index in [-0.39, 0.29) is 48.8 Å². The van der Waals surface area contributed by atoms with Crippen molar-refractivity contribution in [2.75, 3.05) is 31.1 Å². The number of nitrogens with zero attached hydrogens (tertiary/aromatic N) is 3. The lowest BCUT2D eigenvalue weighted by molar-refractivity contribution is -0.133. The number of carbonyl (C=O) groups is 2. The van der Waals surface area contributed by atoms with E-state index in [0.717, 1.165) is 6.07 Å². The van der Waals surface area contributed by atoms with Crippen LogP contribution in [-0.4, -0.2) is 60.0 Å². The second kappa shape index (κ2) is 9.96. The molecule has 2 aromatic carbocycles. The number of hydrogen-bond acceptors (Lipinski definition) is 3. The molecule has 1 unspecified atom stereocenters. The van der Waals surface area contributed by atoms with E-state index in [0.29, 0.717) is 37.9 Å². The fourth-order valence-corrected chi connectivity index (χ4v) is 4.20. The van der Waals surface area contributed by atoms with Crippen LogP contribution in [0, 0.1) is 23.3 Å². The summed E-state index contributed by atoms with van der Waals surface area (Å²) in [6.07, 6.45) is -0.213. The molecule has 2 heterocycles. The highest BCUT2D eigenvalue weighted by molar-refractivity contribution is 5.95. The normalized spacial score (nSPS) is 18.8. The molecular weight excluding hydrogens is 464 g/mol. The van der Waals surface area contributed by atoms with Crippen LogP contribution in [0.3, 0.4) is 0 Å². The van der Waals surface area contributed by atoms with Gasteiger partial charge in [-0.15, -0.1) is 12.4 Å². The van der Waals surface area contributed by atoms with Gasteiger partial charge in [0.25, 0.3) is 0 Å². The number of halogens is 5. The summed E-state index contributed by atoms with van der Waals surface area (Å²) in [5.41, 5.74) is 6.47. The Labute approximate surface area is 194 Å². The minimum atomic E-state index is -1.28. The van der Waals surface area contributed by atoms with Crippen LogP contribution >= 0.6 is 12.4 Å². The zero-order valence-electron chi connectivity index (χ0n) is 17.5. The Balaban J connectivity index is 0.00000306. The van der Waals surface area contributed by atoms with Gasteiger partial charge in [-0.3, -0.25) is 9.69 Å². The van der Waals surface area contributed by atoms with Crippen molar-refractivity contribution >= 4 is 30.0 Å². The third-order valence-electron chi connectivity index (χ3n) is 5.85. The maximum absolute atomic E-state index is 13.8. The summed E-state index contributed by atoms with van der Waals surface area (Å²) in [5.74, 6) is -4.02.